The van der Waals surface area contributed by atoms with E-state index in [-0.39, 0.29) is 18.4 Å². The van der Waals surface area contributed by atoms with Crippen LogP contribution in [0, 0.1) is 0 Å². The number of nitrogens with one attached hydrogen (secondary N) is 2. The lowest BCUT2D eigenvalue weighted by Gasteiger charge is -2.09. The van der Waals surface area contributed by atoms with E-state index < -0.39 is 0 Å². The Morgan fingerprint density at radius 2 is 1.95 bits per heavy atom. The third-order valence-corrected chi connectivity index (χ3v) is 2.88. The van der Waals surface area contributed by atoms with Crippen LogP contribution in [0.3, 0.4) is 0 Å². The number of nitrogens with two attached hydrogens (primary N) is 1. The van der Waals surface area contributed by atoms with Gasteiger partial charge in [-0.2, -0.15) is 0 Å². The summed E-state index contributed by atoms with van der Waals surface area (Å²) < 4.78 is 10.4. The highest BCUT2D eigenvalue weighted by Crippen LogP contribution is 2.27. The van der Waals surface area contributed by atoms with Crippen molar-refractivity contribution in [3.8, 4) is 11.5 Å². The predicted octanol–water partition coefficient (Wildman–Crippen LogP) is 0.634. The molecule has 7 heteroatoms. The Labute approximate surface area is 130 Å². The SMILES string of the molecule is CCCNC(=O)CNC(N)=NCc1ccc(OC)c(OC)c1. The van der Waals surface area contributed by atoms with Crippen molar-refractivity contribution in [3.05, 3.63) is 23.8 Å². The number of methoxy groups -OCH3 is 2. The Morgan fingerprint density at radius 3 is 2.59 bits per heavy atom. The van der Waals surface area contributed by atoms with Crippen LogP contribution in [0.15, 0.2) is 23.2 Å². The minimum Gasteiger partial charge on any atom is -0.493 e. The zero-order valence-electron chi connectivity index (χ0n) is 13.3. The lowest BCUT2D eigenvalue weighted by Crippen LogP contribution is -2.40. The van der Waals surface area contributed by atoms with Crippen molar-refractivity contribution in [2.45, 2.75) is 19.9 Å². The molecule has 0 spiro atoms. The molecule has 1 aromatic carbocycles. The van der Waals surface area contributed by atoms with E-state index >= 15 is 0 Å². The zero-order chi connectivity index (χ0) is 16.4. The van der Waals surface area contributed by atoms with Gasteiger partial charge in [0.05, 0.1) is 27.3 Å². The number of guanidine groups is 1. The zero-order valence-corrected chi connectivity index (χ0v) is 13.3. The fraction of sp³-hybridized carbons (Fsp3) is 0.467. The summed E-state index contributed by atoms with van der Waals surface area (Å²) in [7, 11) is 3.16. The van der Waals surface area contributed by atoms with Crippen molar-refractivity contribution in [2.75, 3.05) is 27.3 Å². The highest BCUT2D eigenvalue weighted by molar-refractivity contribution is 5.85. The van der Waals surface area contributed by atoms with Crippen molar-refractivity contribution < 1.29 is 14.3 Å². The Hall–Kier alpha value is -2.44. The molecule has 4 N–H and O–H groups in total. The van der Waals surface area contributed by atoms with Gasteiger partial charge in [0.2, 0.25) is 5.91 Å². The quantitative estimate of drug-likeness (QED) is 0.483. The van der Waals surface area contributed by atoms with Crippen LogP contribution in [0.4, 0.5) is 0 Å². The maximum absolute atomic E-state index is 11.4. The molecule has 0 unspecified atom stereocenters. The molecule has 0 bridgehead atoms. The normalized spacial score (nSPS) is 11.0. The number of benzene rings is 1. The summed E-state index contributed by atoms with van der Waals surface area (Å²) in [4.78, 5) is 15.6. The predicted molar refractivity (Wildman–Crippen MR) is 86.2 cm³/mol. The van der Waals surface area contributed by atoms with Crippen LogP contribution >= 0.6 is 0 Å². The van der Waals surface area contributed by atoms with Crippen molar-refractivity contribution in [1.82, 2.24) is 10.6 Å². The second-order valence-corrected chi connectivity index (χ2v) is 4.59. The van der Waals surface area contributed by atoms with Gasteiger partial charge in [0.25, 0.3) is 0 Å². The number of rotatable bonds is 8. The van der Waals surface area contributed by atoms with Crippen LogP contribution in [0.5, 0.6) is 11.5 Å². The van der Waals surface area contributed by atoms with Crippen LogP contribution in [0.25, 0.3) is 0 Å². The molecular weight excluding hydrogens is 284 g/mol. The van der Waals surface area contributed by atoms with Gasteiger partial charge >= 0.3 is 0 Å². The number of aliphatic imine (C=N–C) groups is 1. The third kappa shape index (κ3) is 5.90. The van der Waals surface area contributed by atoms with E-state index in [1.165, 1.54) is 0 Å². The first kappa shape index (κ1) is 17.6. The van der Waals surface area contributed by atoms with E-state index in [4.69, 9.17) is 15.2 Å². The molecule has 7 nitrogen and oxygen atoms in total. The van der Waals surface area contributed by atoms with Crippen molar-refractivity contribution >= 4 is 11.9 Å². The molecular formula is C15H24N4O3. The van der Waals surface area contributed by atoms with Gasteiger partial charge < -0.3 is 25.8 Å². The topological polar surface area (TPSA) is 98.0 Å². The number of hydrogen-bond acceptors (Lipinski definition) is 4. The lowest BCUT2D eigenvalue weighted by atomic mass is 10.2. The number of hydrogen-bond donors (Lipinski definition) is 3. The van der Waals surface area contributed by atoms with Crippen LogP contribution in [-0.4, -0.2) is 39.2 Å². The molecule has 0 aliphatic rings. The van der Waals surface area contributed by atoms with Crippen LogP contribution in [0.2, 0.25) is 0 Å². The van der Waals surface area contributed by atoms with Gasteiger partial charge in [0.15, 0.2) is 17.5 Å². The van der Waals surface area contributed by atoms with Gasteiger partial charge in [-0.1, -0.05) is 13.0 Å². The van der Waals surface area contributed by atoms with Gasteiger partial charge in [-0.3, -0.25) is 4.79 Å². The van der Waals surface area contributed by atoms with Crippen molar-refractivity contribution in [3.63, 3.8) is 0 Å². The van der Waals surface area contributed by atoms with Crippen molar-refractivity contribution in [1.29, 1.82) is 0 Å². The Morgan fingerprint density at radius 1 is 1.23 bits per heavy atom. The average molecular weight is 308 g/mol. The second-order valence-electron chi connectivity index (χ2n) is 4.59. The first-order chi connectivity index (χ1) is 10.6. The Balaban J connectivity index is 2.51. The first-order valence-corrected chi connectivity index (χ1v) is 7.12. The van der Waals surface area contributed by atoms with E-state index in [9.17, 15) is 4.79 Å². The molecule has 1 aromatic rings. The maximum atomic E-state index is 11.4. The highest BCUT2D eigenvalue weighted by atomic mass is 16.5. The molecule has 0 fully saturated rings. The summed E-state index contributed by atoms with van der Waals surface area (Å²) in [6.07, 6.45) is 0.897. The smallest absolute Gasteiger partial charge is 0.239 e. The van der Waals surface area contributed by atoms with Gasteiger partial charge in [0, 0.05) is 6.54 Å². The maximum Gasteiger partial charge on any atom is 0.239 e. The third-order valence-electron chi connectivity index (χ3n) is 2.88. The van der Waals surface area contributed by atoms with Crippen LogP contribution in [-0.2, 0) is 11.3 Å². The minimum absolute atomic E-state index is 0.105. The van der Waals surface area contributed by atoms with Crippen LogP contribution < -0.4 is 25.8 Å². The molecule has 0 atom stereocenters. The molecule has 0 aliphatic heterocycles. The molecule has 1 rings (SSSR count). The molecule has 0 aromatic heterocycles. The summed E-state index contributed by atoms with van der Waals surface area (Å²) >= 11 is 0. The average Bonchev–Trinajstić information content (AvgIpc) is 2.55. The number of ether oxygens (including phenoxy) is 2. The fourth-order valence-electron chi connectivity index (χ4n) is 1.71. The van der Waals surface area contributed by atoms with Gasteiger partial charge in [-0.25, -0.2) is 4.99 Å². The molecule has 122 valence electrons. The van der Waals surface area contributed by atoms with Gasteiger partial charge in [-0.05, 0) is 24.1 Å². The highest BCUT2D eigenvalue weighted by Gasteiger charge is 2.04. The van der Waals surface area contributed by atoms with Gasteiger partial charge in [-0.15, -0.1) is 0 Å². The fourth-order valence-corrected chi connectivity index (χ4v) is 1.71. The summed E-state index contributed by atoms with van der Waals surface area (Å²) in [5.74, 6) is 1.42. The summed E-state index contributed by atoms with van der Waals surface area (Å²) in [5, 5.41) is 5.52. The lowest BCUT2D eigenvalue weighted by molar-refractivity contribution is -0.119. The number of amides is 1. The van der Waals surface area contributed by atoms with Crippen molar-refractivity contribution in [2.24, 2.45) is 10.7 Å². The van der Waals surface area contributed by atoms with E-state index in [1.54, 1.807) is 14.2 Å². The number of nitrogens with zero attached hydrogens (tertiary/aromatic N) is 1. The molecule has 0 saturated heterocycles. The minimum atomic E-state index is -0.105. The van der Waals surface area contributed by atoms with Gasteiger partial charge in [0.1, 0.15) is 0 Å². The Bertz CT molecular complexity index is 518. The van der Waals surface area contributed by atoms with E-state index in [2.05, 4.69) is 15.6 Å². The first-order valence-electron chi connectivity index (χ1n) is 7.12. The summed E-state index contributed by atoms with van der Waals surface area (Å²) in [6.45, 7) is 3.15. The van der Waals surface area contributed by atoms with Crippen LogP contribution in [0.1, 0.15) is 18.9 Å². The Kier molecular flexibility index (Phi) is 7.60. The van der Waals surface area contributed by atoms with E-state index in [0.29, 0.717) is 24.6 Å². The summed E-state index contributed by atoms with van der Waals surface area (Å²) in [5.41, 5.74) is 6.66. The largest absolute Gasteiger partial charge is 0.493 e. The second kappa shape index (κ2) is 9.49. The molecule has 1 amide bonds. The molecule has 0 heterocycles. The standard InChI is InChI=1S/C15H24N4O3/c1-4-7-17-14(20)10-19-15(16)18-9-11-5-6-12(21-2)13(8-11)22-3/h5-6,8H,4,7,9-10H2,1-3H3,(H,17,20)(H3,16,18,19). The molecule has 0 saturated carbocycles. The van der Waals surface area contributed by atoms with E-state index in [0.717, 1.165) is 12.0 Å². The molecule has 22 heavy (non-hydrogen) atoms. The molecule has 0 radical (unpaired) electrons. The molecule has 0 aliphatic carbocycles. The number of carbonyl (C=O) groups is 1. The summed E-state index contributed by atoms with van der Waals surface area (Å²) in [6, 6.07) is 5.53. The monoisotopic (exact) mass is 308 g/mol. The van der Waals surface area contributed by atoms with E-state index in [1.807, 2.05) is 25.1 Å². The number of carbonyl (C=O) groups excluding carboxylic acids is 1.